The van der Waals surface area contributed by atoms with Crippen molar-refractivity contribution in [2.75, 3.05) is 5.01 Å². The summed E-state index contributed by atoms with van der Waals surface area (Å²) >= 11 is 0. The molecule has 0 spiro atoms. The maximum absolute atomic E-state index is 13.4. The van der Waals surface area contributed by atoms with E-state index in [1.54, 1.807) is 18.2 Å². The number of halogens is 1. The first kappa shape index (κ1) is 17.4. The molecular formula is C24H17FN2O2. The smallest absolute Gasteiger partial charge is 0.345 e. The van der Waals surface area contributed by atoms with Gasteiger partial charge >= 0.3 is 5.63 Å². The second-order valence-corrected chi connectivity index (χ2v) is 6.98. The van der Waals surface area contributed by atoms with E-state index in [1.165, 1.54) is 12.1 Å². The zero-order valence-electron chi connectivity index (χ0n) is 15.5. The number of anilines is 1. The molecule has 0 N–H and O–H groups in total. The first-order valence-electron chi connectivity index (χ1n) is 9.39. The minimum atomic E-state index is -0.407. The van der Waals surface area contributed by atoms with Crippen LogP contribution in [-0.2, 0) is 0 Å². The number of hydrazone groups is 1. The van der Waals surface area contributed by atoms with Crippen molar-refractivity contribution in [3.63, 3.8) is 0 Å². The number of rotatable bonds is 3. The molecule has 0 unspecified atom stereocenters. The summed E-state index contributed by atoms with van der Waals surface area (Å²) in [6.07, 6.45) is 0.517. The zero-order chi connectivity index (χ0) is 19.8. The van der Waals surface area contributed by atoms with E-state index < -0.39 is 5.63 Å². The normalized spacial score (nSPS) is 16.2. The van der Waals surface area contributed by atoms with E-state index in [-0.39, 0.29) is 11.9 Å². The SMILES string of the molecule is O=c1oc2ccccc2cc1C1=NN(c2ccccc2)[C@H](c2ccc(F)cc2)C1. The fourth-order valence-corrected chi connectivity index (χ4v) is 3.70. The summed E-state index contributed by atoms with van der Waals surface area (Å²) in [5.41, 5.74) is 3.09. The molecule has 0 bridgehead atoms. The molecule has 142 valence electrons. The molecule has 1 aliphatic rings. The summed E-state index contributed by atoms with van der Waals surface area (Å²) in [5.74, 6) is -0.283. The Morgan fingerprint density at radius 3 is 2.45 bits per heavy atom. The summed E-state index contributed by atoms with van der Waals surface area (Å²) in [6, 6.07) is 25.3. The van der Waals surface area contributed by atoms with Crippen LogP contribution in [0.25, 0.3) is 11.0 Å². The highest BCUT2D eigenvalue weighted by atomic mass is 19.1. The average Bonchev–Trinajstić information content (AvgIpc) is 3.19. The fraction of sp³-hybridized carbons (Fsp3) is 0.0833. The van der Waals surface area contributed by atoms with Crippen molar-refractivity contribution < 1.29 is 8.81 Å². The maximum atomic E-state index is 13.4. The molecule has 1 aromatic heterocycles. The minimum absolute atomic E-state index is 0.140. The van der Waals surface area contributed by atoms with Gasteiger partial charge in [-0.3, -0.25) is 5.01 Å². The number of benzene rings is 3. The third-order valence-electron chi connectivity index (χ3n) is 5.14. The molecule has 4 nitrogen and oxygen atoms in total. The Morgan fingerprint density at radius 1 is 0.931 bits per heavy atom. The van der Waals surface area contributed by atoms with E-state index in [0.29, 0.717) is 23.3 Å². The monoisotopic (exact) mass is 384 g/mol. The van der Waals surface area contributed by atoms with Gasteiger partial charge in [-0.1, -0.05) is 48.5 Å². The van der Waals surface area contributed by atoms with Crippen LogP contribution in [0.2, 0.25) is 0 Å². The van der Waals surface area contributed by atoms with E-state index in [2.05, 4.69) is 0 Å². The first-order chi connectivity index (χ1) is 14.2. The van der Waals surface area contributed by atoms with Gasteiger partial charge in [-0.15, -0.1) is 0 Å². The Bertz CT molecular complexity index is 1260. The van der Waals surface area contributed by atoms with Crippen LogP contribution in [0.3, 0.4) is 0 Å². The Balaban J connectivity index is 1.61. The van der Waals surface area contributed by atoms with E-state index in [4.69, 9.17) is 9.52 Å². The summed E-state index contributed by atoms with van der Waals surface area (Å²) in [6.45, 7) is 0. The van der Waals surface area contributed by atoms with Crippen LogP contribution in [0.15, 0.2) is 99.2 Å². The highest BCUT2D eigenvalue weighted by molar-refractivity contribution is 6.04. The zero-order valence-corrected chi connectivity index (χ0v) is 15.5. The van der Waals surface area contributed by atoms with Crippen molar-refractivity contribution >= 4 is 22.4 Å². The Morgan fingerprint density at radius 2 is 1.66 bits per heavy atom. The highest BCUT2D eigenvalue weighted by Crippen LogP contribution is 2.36. The molecule has 29 heavy (non-hydrogen) atoms. The molecule has 3 aromatic carbocycles. The van der Waals surface area contributed by atoms with Gasteiger partial charge in [-0.05, 0) is 42.0 Å². The van der Waals surface area contributed by atoms with Gasteiger partial charge in [0.15, 0.2) is 0 Å². The Kier molecular flexibility index (Phi) is 4.21. The van der Waals surface area contributed by atoms with Crippen molar-refractivity contribution in [3.05, 3.63) is 112 Å². The molecule has 0 amide bonds. The second kappa shape index (κ2) is 7.02. The predicted molar refractivity (Wildman–Crippen MR) is 112 cm³/mol. The number of nitrogens with zero attached hydrogens (tertiary/aromatic N) is 2. The van der Waals surface area contributed by atoms with Gasteiger partial charge in [0.2, 0.25) is 0 Å². The topological polar surface area (TPSA) is 45.8 Å². The quantitative estimate of drug-likeness (QED) is 0.451. The fourth-order valence-electron chi connectivity index (χ4n) is 3.70. The third-order valence-corrected chi connectivity index (χ3v) is 5.14. The van der Waals surface area contributed by atoms with Crippen LogP contribution in [0, 0.1) is 5.82 Å². The van der Waals surface area contributed by atoms with E-state index in [9.17, 15) is 9.18 Å². The molecule has 5 heteroatoms. The minimum Gasteiger partial charge on any atom is -0.422 e. The molecular weight excluding hydrogens is 367 g/mol. The summed E-state index contributed by atoms with van der Waals surface area (Å²) in [7, 11) is 0. The molecule has 0 aliphatic carbocycles. The average molecular weight is 384 g/mol. The molecule has 0 fully saturated rings. The van der Waals surface area contributed by atoms with Gasteiger partial charge in [-0.2, -0.15) is 5.10 Å². The summed E-state index contributed by atoms with van der Waals surface area (Å²) in [5, 5.41) is 7.51. The van der Waals surface area contributed by atoms with Crippen molar-refractivity contribution in [2.45, 2.75) is 12.5 Å². The van der Waals surface area contributed by atoms with Gasteiger partial charge in [-0.25, -0.2) is 9.18 Å². The second-order valence-electron chi connectivity index (χ2n) is 6.98. The van der Waals surface area contributed by atoms with Crippen LogP contribution in [-0.4, -0.2) is 5.71 Å². The van der Waals surface area contributed by atoms with Gasteiger partial charge < -0.3 is 4.42 Å². The third kappa shape index (κ3) is 3.21. The van der Waals surface area contributed by atoms with E-state index in [1.807, 2.05) is 59.6 Å². The number of hydrogen-bond acceptors (Lipinski definition) is 4. The molecule has 4 aromatic rings. The maximum Gasteiger partial charge on any atom is 0.345 e. The van der Waals surface area contributed by atoms with Gasteiger partial charge in [0.05, 0.1) is 23.0 Å². The standard InChI is InChI=1S/C24H17FN2O2/c25-18-12-10-16(11-13-18)22-15-21(26-27(22)19-7-2-1-3-8-19)20-14-17-6-4-5-9-23(17)29-24(20)28/h1-14,22H,15H2/t22-/m0/s1. The number of fused-ring (bicyclic) bond motifs is 1. The molecule has 0 radical (unpaired) electrons. The van der Waals surface area contributed by atoms with E-state index in [0.717, 1.165) is 16.6 Å². The predicted octanol–water partition coefficient (Wildman–Crippen LogP) is 5.29. The van der Waals surface area contributed by atoms with Crippen LogP contribution in [0.5, 0.6) is 0 Å². The van der Waals surface area contributed by atoms with Gasteiger partial charge in [0, 0.05) is 11.8 Å². The summed E-state index contributed by atoms with van der Waals surface area (Å²) < 4.78 is 18.9. The lowest BCUT2D eigenvalue weighted by molar-refractivity contribution is 0.559. The van der Waals surface area contributed by atoms with Gasteiger partial charge in [0.25, 0.3) is 0 Å². The molecule has 1 aliphatic heterocycles. The molecule has 5 rings (SSSR count). The molecule has 2 heterocycles. The lowest BCUT2D eigenvalue weighted by atomic mass is 9.98. The van der Waals surface area contributed by atoms with E-state index >= 15 is 0 Å². The lowest BCUT2D eigenvalue weighted by Crippen LogP contribution is -2.18. The van der Waals surface area contributed by atoms with Crippen molar-refractivity contribution in [1.29, 1.82) is 0 Å². The van der Waals surface area contributed by atoms with Gasteiger partial charge in [0.1, 0.15) is 11.4 Å². The van der Waals surface area contributed by atoms with Crippen molar-refractivity contribution in [1.82, 2.24) is 0 Å². The highest BCUT2D eigenvalue weighted by Gasteiger charge is 2.31. The van der Waals surface area contributed by atoms with Crippen LogP contribution >= 0.6 is 0 Å². The van der Waals surface area contributed by atoms with Crippen LogP contribution in [0.4, 0.5) is 10.1 Å². The van der Waals surface area contributed by atoms with Crippen LogP contribution < -0.4 is 10.6 Å². The lowest BCUT2D eigenvalue weighted by Gasteiger charge is -2.23. The Hall–Kier alpha value is -3.73. The largest absolute Gasteiger partial charge is 0.422 e. The summed E-state index contributed by atoms with van der Waals surface area (Å²) in [4.78, 5) is 12.6. The van der Waals surface area contributed by atoms with Crippen LogP contribution in [0.1, 0.15) is 23.6 Å². The Labute approximate surface area is 166 Å². The molecule has 0 saturated heterocycles. The molecule has 1 atom stereocenters. The first-order valence-corrected chi connectivity index (χ1v) is 9.39. The number of hydrogen-bond donors (Lipinski definition) is 0. The number of para-hydroxylation sites is 2. The van der Waals surface area contributed by atoms with Crippen molar-refractivity contribution in [2.24, 2.45) is 5.10 Å². The van der Waals surface area contributed by atoms with Crippen molar-refractivity contribution in [3.8, 4) is 0 Å². The molecule has 0 saturated carbocycles.